The Morgan fingerprint density at radius 3 is 2.76 bits per heavy atom. The normalized spacial score (nSPS) is 18.7. The molecule has 2 aromatic rings. The first kappa shape index (κ1) is 13.9. The van der Waals surface area contributed by atoms with Crippen LogP contribution in [0.1, 0.15) is 29.6 Å². The molecule has 21 heavy (non-hydrogen) atoms. The number of amides is 1. The van der Waals surface area contributed by atoms with Gasteiger partial charge in [-0.05, 0) is 49.6 Å². The van der Waals surface area contributed by atoms with Crippen LogP contribution in [0.15, 0.2) is 48.8 Å². The number of aliphatic hydroxyl groups excluding tert-OH is 1. The maximum atomic E-state index is 12.7. The number of carbonyl (C=O) groups is 1. The van der Waals surface area contributed by atoms with Gasteiger partial charge in [0.25, 0.3) is 5.91 Å². The van der Waals surface area contributed by atoms with E-state index in [1.807, 2.05) is 58.3 Å². The van der Waals surface area contributed by atoms with Crippen molar-refractivity contribution in [2.24, 2.45) is 0 Å². The summed E-state index contributed by atoms with van der Waals surface area (Å²) in [6.07, 6.45) is 6.90. The number of piperidine rings is 1. The maximum absolute atomic E-state index is 12.7. The molecule has 0 radical (unpaired) electrons. The smallest absolute Gasteiger partial charge is 0.254 e. The van der Waals surface area contributed by atoms with Crippen LogP contribution < -0.4 is 0 Å². The van der Waals surface area contributed by atoms with Gasteiger partial charge in [-0.15, -0.1) is 0 Å². The molecule has 1 amide bonds. The number of carbonyl (C=O) groups excluding carboxylic acids is 1. The Labute approximate surface area is 124 Å². The van der Waals surface area contributed by atoms with Crippen LogP contribution >= 0.6 is 0 Å². The van der Waals surface area contributed by atoms with Crippen LogP contribution in [0.25, 0.3) is 5.69 Å². The average Bonchev–Trinajstić information content (AvgIpc) is 3.09. The minimum absolute atomic E-state index is 0.0164. The van der Waals surface area contributed by atoms with Gasteiger partial charge in [-0.1, -0.05) is 6.07 Å². The molecule has 1 aliphatic heterocycles. The third kappa shape index (κ3) is 2.85. The highest BCUT2D eigenvalue weighted by Crippen LogP contribution is 2.20. The molecule has 3 rings (SSSR count). The minimum atomic E-state index is -0.0403. The number of hydrogen-bond acceptors (Lipinski definition) is 2. The predicted molar refractivity (Wildman–Crippen MR) is 81.5 cm³/mol. The third-order valence-corrected chi connectivity index (χ3v) is 4.09. The van der Waals surface area contributed by atoms with Crippen LogP contribution in [-0.4, -0.2) is 39.7 Å². The van der Waals surface area contributed by atoms with E-state index in [0.717, 1.165) is 31.5 Å². The quantitative estimate of drug-likeness (QED) is 0.941. The third-order valence-electron chi connectivity index (χ3n) is 4.09. The minimum Gasteiger partial charge on any atom is -0.394 e. The monoisotopic (exact) mass is 284 g/mol. The molecule has 110 valence electrons. The van der Waals surface area contributed by atoms with Crippen LogP contribution in [0.2, 0.25) is 0 Å². The van der Waals surface area contributed by atoms with Gasteiger partial charge in [-0.25, -0.2) is 0 Å². The zero-order valence-corrected chi connectivity index (χ0v) is 12.0. The summed E-state index contributed by atoms with van der Waals surface area (Å²) in [5, 5.41) is 9.46. The van der Waals surface area contributed by atoms with E-state index in [2.05, 4.69) is 0 Å². The van der Waals surface area contributed by atoms with Crippen molar-refractivity contribution in [3.8, 4) is 5.69 Å². The Kier molecular flexibility index (Phi) is 4.06. The van der Waals surface area contributed by atoms with Crippen molar-refractivity contribution in [2.75, 3.05) is 13.2 Å². The van der Waals surface area contributed by atoms with E-state index in [9.17, 15) is 9.90 Å². The second kappa shape index (κ2) is 6.14. The summed E-state index contributed by atoms with van der Waals surface area (Å²) in [6, 6.07) is 11.5. The molecule has 4 heteroatoms. The number of hydrogen-bond donors (Lipinski definition) is 1. The van der Waals surface area contributed by atoms with Gasteiger partial charge in [0.15, 0.2) is 0 Å². The van der Waals surface area contributed by atoms with Gasteiger partial charge in [0.2, 0.25) is 0 Å². The van der Waals surface area contributed by atoms with Crippen LogP contribution in [0.5, 0.6) is 0 Å². The summed E-state index contributed by atoms with van der Waals surface area (Å²) >= 11 is 0. The maximum Gasteiger partial charge on any atom is 0.254 e. The summed E-state index contributed by atoms with van der Waals surface area (Å²) in [5.74, 6) is 0.0164. The number of nitrogens with zero attached hydrogens (tertiary/aromatic N) is 2. The molecule has 2 heterocycles. The molecular formula is C17H20N2O2. The molecule has 1 saturated heterocycles. The van der Waals surface area contributed by atoms with Crippen molar-refractivity contribution >= 4 is 5.91 Å². The first-order valence-electron chi connectivity index (χ1n) is 7.45. The van der Waals surface area contributed by atoms with Crippen molar-refractivity contribution in [1.29, 1.82) is 0 Å². The van der Waals surface area contributed by atoms with Crippen molar-refractivity contribution in [3.05, 3.63) is 54.4 Å². The summed E-state index contributed by atoms with van der Waals surface area (Å²) in [5.41, 5.74) is 1.66. The Hall–Kier alpha value is -2.07. The Balaban J connectivity index is 1.86. The van der Waals surface area contributed by atoms with Crippen LogP contribution in [0, 0.1) is 0 Å². The molecule has 0 spiro atoms. The lowest BCUT2D eigenvalue weighted by Gasteiger charge is -2.34. The fourth-order valence-corrected chi connectivity index (χ4v) is 2.93. The number of likely N-dealkylation sites (tertiary alicyclic amines) is 1. The first-order valence-corrected chi connectivity index (χ1v) is 7.45. The molecule has 0 saturated carbocycles. The highest BCUT2D eigenvalue weighted by molar-refractivity contribution is 5.95. The molecule has 0 aliphatic carbocycles. The first-order chi connectivity index (χ1) is 10.3. The molecular weight excluding hydrogens is 264 g/mol. The Bertz CT molecular complexity index is 607. The highest BCUT2D eigenvalue weighted by Gasteiger charge is 2.26. The molecule has 1 unspecified atom stereocenters. The Morgan fingerprint density at radius 2 is 2.00 bits per heavy atom. The molecule has 1 aromatic heterocycles. The van der Waals surface area contributed by atoms with Gasteiger partial charge >= 0.3 is 0 Å². The standard InChI is InChI=1S/C17H20N2O2/c20-13-16-7-1-2-11-19(16)17(21)14-6-5-8-15(12-14)18-9-3-4-10-18/h3-6,8-10,12,16,20H,1-2,7,11,13H2. The van der Waals surface area contributed by atoms with Crippen LogP contribution in [0.3, 0.4) is 0 Å². The van der Waals surface area contributed by atoms with Gasteiger partial charge in [0.05, 0.1) is 12.6 Å². The summed E-state index contributed by atoms with van der Waals surface area (Å²) < 4.78 is 1.98. The van der Waals surface area contributed by atoms with Crippen molar-refractivity contribution < 1.29 is 9.90 Å². The summed E-state index contributed by atoms with van der Waals surface area (Å²) in [7, 11) is 0. The van der Waals surface area contributed by atoms with Gasteiger partial charge in [-0.2, -0.15) is 0 Å². The summed E-state index contributed by atoms with van der Waals surface area (Å²) in [6.45, 7) is 0.779. The van der Waals surface area contributed by atoms with E-state index in [1.54, 1.807) is 0 Å². The van der Waals surface area contributed by atoms with Gasteiger partial charge < -0.3 is 14.6 Å². The molecule has 1 aromatic carbocycles. The molecule has 0 bridgehead atoms. The topological polar surface area (TPSA) is 45.5 Å². The van der Waals surface area contributed by atoms with E-state index in [0.29, 0.717) is 5.56 Å². The van der Waals surface area contributed by atoms with Gasteiger partial charge in [0, 0.05) is 30.2 Å². The predicted octanol–water partition coefficient (Wildman–Crippen LogP) is 2.46. The fourth-order valence-electron chi connectivity index (χ4n) is 2.93. The second-order valence-electron chi connectivity index (χ2n) is 5.47. The van der Waals surface area contributed by atoms with Crippen LogP contribution in [0.4, 0.5) is 0 Å². The lowest BCUT2D eigenvalue weighted by atomic mass is 10.0. The number of benzene rings is 1. The van der Waals surface area contributed by atoms with E-state index in [4.69, 9.17) is 0 Å². The van der Waals surface area contributed by atoms with E-state index >= 15 is 0 Å². The van der Waals surface area contributed by atoms with Gasteiger partial charge in [-0.3, -0.25) is 4.79 Å². The second-order valence-corrected chi connectivity index (χ2v) is 5.47. The number of aromatic nitrogens is 1. The zero-order valence-electron chi connectivity index (χ0n) is 12.0. The van der Waals surface area contributed by atoms with Gasteiger partial charge in [0.1, 0.15) is 0 Å². The van der Waals surface area contributed by atoms with Crippen molar-refractivity contribution in [1.82, 2.24) is 9.47 Å². The SMILES string of the molecule is O=C(c1cccc(-n2cccc2)c1)N1CCCCC1CO. The largest absolute Gasteiger partial charge is 0.394 e. The van der Waals surface area contributed by atoms with Crippen molar-refractivity contribution in [3.63, 3.8) is 0 Å². The molecule has 1 fully saturated rings. The Morgan fingerprint density at radius 1 is 1.19 bits per heavy atom. The molecule has 1 aliphatic rings. The highest BCUT2D eigenvalue weighted by atomic mass is 16.3. The number of aliphatic hydroxyl groups is 1. The van der Waals surface area contributed by atoms with E-state index in [1.165, 1.54) is 0 Å². The van der Waals surface area contributed by atoms with E-state index < -0.39 is 0 Å². The van der Waals surface area contributed by atoms with E-state index in [-0.39, 0.29) is 18.6 Å². The molecule has 4 nitrogen and oxygen atoms in total. The fraction of sp³-hybridized carbons (Fsp3) is 0.353. The number of rotatable bonds is 3. The van der Waals surface area contributed by atoms with Crippen molar-refractivity contribution in [2.45, 2.75) is 25.3 Å². The molecule has 1 atom stereocenters. The lowest BCUT2D eigenvalue weighted by molar-refractivity contribution is 0.0503. The molecule has 1 N–H and O–H groups in total. The summed E-state index contributed by atoms with van der Waals surface area (Å²) in [4.78, 5) is 14.5. The zero-order chi connectivity index (χ0) is 14.7. The lowest BCUT2D eigenvalue weighted by Crippen LogP contribution is -2.45. The van der Waals surface area contributed by atoms with Crippen LogP contribution in [-0.2, 0) is 0 Å². The average molecular weight is 284 g/mol.